The van der Waals surface area contributed by atoms with Crippen LogP contribution >= 0.6 is 0 Å². The Morgan fingerprint density at radius 3 is 0.921 bits per heavy atom. The van der Waals surface area contributed by atoms with E-state index >= 15 is 0 Å². The van der Waals surface area contributed by atoms with Gasteiger partial charge in [0.05, 0.1) is 28.4 Å². The average Bonchev–Trinajstić information content (AvgIpc) is 2.97. The van der Waals surface area contributed by atoms with Crippen molar-refractivity contribution in [1.29, 1.82) is 0 Å². The van der Waals surface area contributed by atoms with Crippen LogP contribution in [0.2, 0.25) is 0 Å². The molecule has 0 N–H and O–H groups in total. The molecule has 0 saturated heterocycles. The zero-order valence-corrected chi connectivity index (χ0v) is 22.9. The van der Waals surface area contributed by atoms with Gasteiger partial charge in [-0.05, 0) is 108 Å². The normalized spacial score (nSPS) is 11.2. The van der Waals surface area contributed by atoms with Crippen molar-refractivity contribution >= 4 is 0 Å². The first-order valence-electron chi connectivity index (χ1n) is 13.1. The van der Waals surface area contributed by atoms with E-state index in [0.717, 1.165) is 55.1 Å². The summed E-state index contributed by atoms with van der Waals surface area (Å²) in [5.41, 5.74) is 5.22. The van der Waals surface area contributed by atoms with Crippen LogP contribution < -0.4 is 18.9 Å². The third-order valence-corrected chi connectivity index (χ3v) is 7.32. The van der Waals surface area contributed by atoms with Gasteiger partial charge in [-0.3, -0.25) is 0 Å². The maximum absolute atomic E-state index is 5.42. The number of benzene rings is 4. The summed E-state index contributed by atoms with van der Waals surface area (Å²) in [6.45, 7) is 0. The lowest BCUT2D eigenvalue weighted by Gasteiger charge is -2.35. The van der Waals surface area contributed by atoms with Gasteiger partial charge in [-0.15, -0.1) is 0 Å². The average molecular weight is 511 g/mol. The van der Waals surface area contributed by atoms with Crippen molar-refractivity contribution in [3.05, 3.63) is 119 Å². The molecule has 0 fully saturated rings. The van der Waals surface area contributed by atoms with Gasteiger partial charge in [-0.2, -0.15) is 0 Å². The predicted molar refractivity (Wildman–Crippen MR) is 154 cm³/mol. The standard InChI is InChI=1S/C34H38O4/c1-35-30-13-5-26(6-14-30)21-22-34(23-27-7-15-31(36-2)16-8-27,24-28-9-17-32(37-3)18-10-28)25-29-11-19-33(38-4)20-12-29/h5-20H,21-25H2,1-4H3. The quantitative estimate of drug-likeness (QED) is 0.188. The largest absolute Gasteiger partial charge is 0.497 e. The van der Waals surface area contributed by atoms with Crippen LogP contribution in [0.5, 0.6) is 23.0 Å². The van der Waals surface area contributed by atoms with Crippen LogP contribution in [0.15, 0.2) is 97.1 Å². The van der Waals surface area contributed by atoms with Gasteiger partial charge in [0.15, 0.2) is 0 Å². The van der Waals surface area contributed by atoms with Crippen LogP contribution in [-0.2, 0) is 25.7 Å². The van der Waals surface area contributed by atoms with Crippen molar-refractivity contribution in [2.75, 3.05) is 28.4 Å². The number of ether oxygens (including phenoxy) is 4. The first-order valence-corrected chi connectivity index (χ1v) is 13.1. The van der Waals surface area contributed by atoms with E-state index in [2.05, 4.69) is 84.9 Å². The molecule has 0 aromatic heterocycles. The SMILES string of the molecule is COc1ccc(CCC(Cc2ccc(OC)cc2)(Cc2ccc(OC)cc2)Cc2ccc(OC)cc2)cc1. The smallest absolute Gasteiger partial charge is 0.118 e. The highest BCUT2D eigenvalue weighted by atomic mass is 16.5. The highest BCUT2D eigenvalue weighted by Gasteiger charge is 2.31. The van der Waals surface area contributed by atoms with Gasteiger partial charge in [0.1, 0.15) is 23.0 Å². The van der Waals surface area contributed by atoms with Crippen LogP contribution in [0.3, 0.4) is 0 Å². The van der Waals surface area contributed by atoms with Crippen LogP contribution in [0.25, 0.3) is 0 Å². The molecule has 0 spiro atoms. The Hall–Kier alpha value is -3.92. The van der Waals surface area contributed by atoms with E-state index in [-0.39, 0.29) is 5.41 Å². The lowest BCUT2D eigenvalue weighted by Crippen LogP contribution is -2.30. The predicted octanol–water partition coefficient (Wildman–Crippen LogP) is 7.37. The minimum atomic E-state index is -0.0162. The summed E-state index contributed by atoms with van der Waals surface area (Å²) in [6, 6.07) is 34.0. The summed E-state index contributed by atoms with van der Waals surface area (Å²) < 4.78 is 21.7. The van der Waals surface area contributed by atoms with E-state index in [1.165, 1.54) is 22.3 Å². The van der Waals surface area contributed by atoms with Gasteiger partial charge in [0, 0.05) is 0 Å². The molecule has 4 nitrogen and oxygen atoms in total. The zero-order chi connectivity index (χ0) is 26.8. The monoisotopic (exact) mass is 510 g/mol. The molecule has 0 bridgehead atoms. The van der Waals surface area contributed by atoms with Crippen molar-refractivity contribution in [2.45, 2.75) is 32.1 Å². The second-order valence-corrected chi connectivity index (χ2v) is 9.92. The van der Waals surface area contributed by atoms with Gasteiger partial charge >= 0.3 is 0 Å². The Labute approximate surface area is 227 Å². The molecule has 0 aliphatic carbocycles. The molecule has 198 valence electrons. The van der Waals surface area contributed by atoms with Crippen LogP contribution in [0.1, 0.15) is 28.7 Å². The molecule has 0 atom stereocenters. The van der Waals surface area contributed by atoms with Gasteiger partial charge in [-0.1, -0.05) is 48.5 Å². The lowest BCUT2D eigenvalue weighted by atomic mass is 9.69. The molecule has 4 aromatic rings. The van der Waals surface area contributed by atoms with Crippen molar-refractivity contribution in [3.63, 3.8) is 0 Å². The molecule has 4 heteroatoms. The molecule has 0 aliphatic heterocycles. The fourth-order valence-corrected chi connectivity index (χ4v) is 5.18. The molecule has 4 aromatic carbocycles. The Morgan fingerprint density at radius 1 is 0.395 bits per heavy atom. The minimum Gasteiger partial charge on any atom is -0.497 e. The zero-order valence-electron chi connectivity index (χ0n) is 22.9. The fraction of sp³-hybridized carbons (Fsp3) is 0.294. The fourth-order valence-electron chi connectivity index (χ4n) is 5.18. The maximum atomic E-state index is 5.42. The molecule has 0 radical (unpaired) electrons. The first-order chi connectivity index (χ1) is 18.5. The molecule has 4 rings (SSSR count). The number of aryl methyl sites for hydroxylation is 1. The first kappa shape index (κ1) is 27.1. The van der Waals surface area contributed by atoms with E-state index in [4.69, 9.17) is 18.9 Å². The molecule has 38 heavy (non-hydrogen) atoms. The van der Waals surface area contributed by atoms with Gasteiger partial charge in [0.2, 0.25) is 0 Å². The Balaban J connectivity index is 1.70. The van der Waals surface area contributed by atoms with Crippen molar-refractivity contribution in [1.82, 2.24) is 0 Å². The van der Waals surface area contributed by atoms with E-state index < -0.39 is 0 Å². The van der Waals surface area contributed by atoms with Crippen LogP contribution in [-0.4, -0.2) is 28.4 Å². The van der Waals surface area contributed by atoms with E-state index in [1.54, 1.807) is 28.4 Å². The second-order valence-electron chi connectivity index (χ2n) is 9.92. The summed E-state index contributed by atoms with van der Waals surface area (Å²) in [5.74, 6) is 3.52. The topological polar surface area (TPSA) is 36.9 Å². The molecule has 0 unspecified atom stereocenters. The Morgan fingerprint density at radius 2 is 0.658 bits per heavy atom. The number of hydrogen-bond acceptors (Lipinski definition) is 4. The van der Waals surface area contributed by atoms with Gasteiger partial charge in [0.25, 0.3) is 0 Å². The van der Waals surface area contributed by atoms with Gasteiger partial charge < -0.3 is 18.9 Å². The Kier molecular flexibility index (Phi) is 9.31. The molecular formula is C34H38O4. The molecule has 0 amide bonds. The number of rotatable bonds is 13. The van der Waals surface area contributed by atoms with Crippen molar-refractivity contribution in [3.8, 4) is 23.0 Å². The van der Waals surface area contributed by atoms with E-state index in [9.17, 15) is 0 Å². The summed E-state index contributed by atoms with van der Waals surface area (Å²) in [4.78, 5) is 0. The third kappa shape index (κ3) is 7.32. The number of hydrogen-bond donors (Lipinski definition) is 0. The summed E-state index contributed by atoms with van der Waals surface area (Å²) in [5, 5.41) is 0. The van der Waals surface area contributed by atoms with Crippen LogP contribution in [0.4, 0.5) is 0 Å². The van der Waals surface area contributed by atoms with Crippen LogP contribution in [0, 0.1) is 5.41 Å². The van der Waals surface area contributed by atoms with E-state index in [1.807, 2.05) is 12.1 Å². The van der Waals surface area contributed by atoms with Crippen molar-refractivity contribution < 1.29 is 18.9 Å². The molecule has 0 saturated carbocycles. The molecule has 0 aliphatic rings. The summed E-state index contributed by atoms with van der Waals surface area (Å²) in [7, 11) is 6.84. The molecular weight excluding hydrogens is 472 g/mol. The van der Waals surface area contributed by atoms with Gasteiger partial charge in [-0.25, -0.2) is 0 Å². The summed E-state index contributed by atoms with van der Waals surface area (Å²) in [6.07, 6.45) is 4.86. The number of methoxy groups -OCH3 is 4. The van der Waals surface area contributed by atoms with Crippen molar-refractivity contribution in [2.24, 2.45) is 5.41 Å². The Bertz CT molecular complexity index is 1120. The van der Waals surface area contributed by atoms with E-state index in [0.29, 0.717) is 0 Å². The maximum Gasteiger partial charge on any atom is 0.118 e. The summed E-state index contributed by atoms with van der Waals surface area (Å²) >= 11 is 0. The molecule has 0 heterocycles. The minimum absolute atomic E-state index is 0.0162. The highest BCUT2D eigenvalue weighted by molar-refractivity contribution is 5.33. The highest BCUT2D eigenvalue weighted by Crippen LogP contribution is 2.38. The lowest BCUT2D eigenvalue weighted by molar-refractivity contribution is 0.254. The third-order valence-electron chi connectivity index (χ3n) is 7.32. The second kappa shape index (κ2) is 13.0.